The Bertz CT molecular complexity index is 568. The highest BCUT2D eigenvalue weighted by Gasteiger charge is 2.10. The van der Waals surface area contributed by atoms with E-state index < -0.39 is 0 Å². The van der Waals surface area contributed by atoms with E-state index in [4.69, 9.17) is 0 Å². The lowest BCUT2D eigenvalue weighted by atomic mass is 9.98. The van der Waals surface area contributed by atoms with Gasteiger partial charge in [0.1, 0.15) is 0 Å². The van der Waals surface area contributed by atoms with Crippen LogP contribution in [0.3, 0.4) is 0 Å². The van der Waals surface area contributed by atoms with E-state index in [2.05, 4.69) is 60.5 Å². The Labute approximate surface area is 109 Å². The molecule has 1 aliphatic heterocycles. The van der Waals surface area contributed by atoms with Crippen LogP contribution in [-0.4, -0.2) is 25.0 Å². The molecule has 0 aliphatic carbocycles. The van der Waals surface area contributed by atoms with Crippen LogP contribution >= 0.6 is 0 Å². The van der Waals surface area contributed by atoms with Crippen LogP contribution in [0, 0.1) is 0 Å². The third kappa shape index (κ3) is 2.32. The number of hydrogen-bond donors (Lipinski definition) is 0. The fraction of sp³-hybridized carbons (Fsp3) is 0.294. The van der Waals surface area contributed by atoms with Crippen LogP contribution in [0.2, 0.25) is 0 Å². The smallest absolute Gasteiger partial charge is 0.00158 e. The van der Waals surface area contributed by atoms with Crippen molar-refractivity contribution in [1.82, 2.24) is 4.90 Å². The maximum atomic E-state index is 2.40. The van der Waals surface area contributed by atoms with Crippen molar-refractivity contribution in [2.24, 2.45) is 0 Å². The van der Waals surface area contributed by atoms with Crippen LogP contribution in [0.25, 0.3) is 16.8 Å². The molecule has 1 aliphatic rings. The van der Waals surface area contributed by atoms with Gasteiger partial charge in [0.2, 0.25) is 0 Å². The molecule has 1 saturated heterocycles. The molecule has 2 aromatic rings. The molecule has 92 valence electrons. The van der Waals surface area contributed by atoms with E-state index in [1.165, 1.54) is 42.3 Å². The van der Waals surface area contributed by atoms with E-state index in [0.717, 1.165) is 0 Å². The highest BCUT2D eigenvalue weighted by atomic mass is 15.1. The molecule has 0 aromatic heterocycles. The van der Waals surface area contributed by atoms with Gasteiger partial charge in [-0.05, 0) is 36.2 Å². The fourth-order valence-corrected chi connectivity index (χ4v) is 2.65. The van der Waals surface area contributed by atoms with E-state index in [1.807, 2.05) is 0 Å². The van der Waals surface area contributed by atoms with Gasteiger partial charge in [0, 0.05) is 13.1 Å². The van der Waals surface area contributed by atoms with Crippen molar-refractivity contribution in [3.63, 3.8) is 0 Å². The van der Waals surface area contributed by atoms with Crippen molar-refractivity contribution >= 4 is 16.8 Å². The van der Waals surface area contributed by atoms with Gasteiger partial charge in [0.25, 0.3) is 0 Å². The molecule has 0 radical (unpaired) electrons. The summed E-state index contributed by atoms with van der Waals surface area (Å²) in [5.74, 6) is 0. The maximum absolute atomic E-state index is 2.40. The van der Waals surface area contributed by atoms with Gasteiger partial charge in [-0.15, -0.1) is 0 Å². The molecule has 0 saturated carbocycles. The highest BCUT2D eigenvalue weighted by molar-refractivity contribution is 5.90. The summed E-state index contributed by atoms with van der Waals surface area (Å²) in [5.41, 5.74) is 2.96. The minimum absolute atomic E-state index is 1.19. The fourth-order valence-electron chi connectivity index (χ4n) is 2.65. The zero-order valence-electron chi connectivity index (χ0n) is 10.9. The third-order valence-electron chi connectivity index (χ3n) is 3.81. The van der Waals surface area contributed by atoms with Crippen molar-refractivity contribution in [3.8, 4) is 0 Å². The zero-order chi connectivity index (χ0) is 12.4. The second kappa shape index (κ2) is 4.95. The molecule has 18 heavy (non-hydrogen) atoms. The minimum Gasteiger partial charge on any atom is -0.306 e. The standard InChI is InChI=1S/C17H19N/c1-18-11-9-14(10-12-18)13-16-7-4-6-15-5-2-3-8-17(15)16/h2-8,13H,9-12H2,1H3. The van der Waals surface area contributed by atoms with E-state index >= 15 is 0 Å². The summed E-state index contributed by atoms with van der Waals surface area (Å²) in [6.07, 6.45) is 4.81. The molecule has 0 bridgehead atoms. The summed E-state index contributed by atoms with van der Waals surface area (Å²) < 4.78 is 0. The van der Waals surface area contributed by atoms with Crippen LogP contribution in [0.1, 0.15) is 18.4 Å². The Kier molecular flexibility index (Phi) is 3.16. The molecule has 1 nitrogen and oxygen atoms in total. The molecule has 0 unspecified atom stereocenters. The lowest BCUT2D eigenvalue weighted by Crippen LogP contribution is -2.26. The van der Waals surface area contributed by atoms with Crippen LogP contribution < -0.4 is 0 Å². The van der Waals surface area contributed by atoms with Gasteiger partial charge < -0.3 is 4.90 Å². The van der Waals surface area contributed by atoms with Gasteiger partial charge in [-0.1, -0.05) is 54.1 Å². The zero-order valence-corrected chi connectivity index (χ0v) is 10.9. The van der Waals surface area contributed by atoms with E-state index in [0.29, 0.717) is 0 Å². The van der Waals surface area contributed by atoms with E-state index in [1.54, 1.807) is 5.57 Å². The third-order valence-corrected chi connectivity index (χ3v) is 3.81. The van der Waals surface area contributed by atoms with Gasteiger partial charge in [-0.2, -0.15) is 0 Å². The van der Waals surface area contributed by atoms with Crippen molar-refractivity contribution in [2.45, 2.75) is 12.8 Å². The van der Waals surface area contributed by atoms with E-state index in [9.17, 15) is 0 Å². The van der Waals surface area contributed by atoms with E-state index in [-0.39, 0.29) is 0 Å². The molecule has 1 fully saturated rings. The van der Waals surface area contributed by atoms with Gasteiger partial charge in [-0.3, -0.25) is 0 Å². The number of piperidine rings is 1. The topological polar surface area (TPSA) is 3.24 Å². The first-order valence-corrected chi connectivity index (χ1v) is 6.69. The first-order chi connectivity index (χ1) is 8.83. The maximum Gasteiger partial charge on any atom is 0.00158 e. The summed E-state index contributed by atoms with van der Waals surface area (Å²) in [5, 5.41) is 2.70. The summed E-state index contributed by atoms with van der Waals surface area (Å²) in [7, 11) is 2.20. The second-order valence-corrected chi connectivity index (χ2v) is 5.17. The second-order valence-electron chi connectivity index (χ2n) is 5.17. The Morgan fingerprint density at radius 3 is 2.50 bits per heavy atom. The number of likely N-dealkylation sites (tertiary alicyclic amines) is 1. The summed E-state index contributed by atoms with van der Waals surface area (Å²) in [4.78, 5) is 2.40. The first kappa shape index (κ1) is 11.5. The van der Waals surface area contributed by atoms with Crippen molar-refractivity contribution in [3.05, 3.63) is 53.6 Å². The SMILES string of the molecule is CN1CCC(=Cc2cccc3ccccc23)CC1. The summed E-state index contributed by atoms with van der Waals surface area (Å²) in [6.45, 7) is 2.38. The lowest BCUT2D eigenvalue weighted by Gasteiger charge is -2.24. The largest absolute Gasteiger partial charge is 0.306 e. The highest BCUT2D eigenvalue weighted by Crippen LogP contribution is 2.24. The average Bonchev–Trinajstić information content (AvgIpc) is 2.42. The van der Waals surface area contributed by atoms with Gasteiger partial charge in [-0.25, -0.2) is 0 Å². The Hall–Kier alpha value is -1.60. The number of fused-ring (bicyclic) bond motifs is 1. The first-order valence-electron chi connectivity index (χ1n) is 6.69. The van der Waals surface area contributed by atoms with Crippen molar-refractivity contribution < 1.29 is 0 Å². The number of nitrogens with zero attached hydrogens (tertiary/aromatic N) is 1. The lowest BCUT2D eigenvalue weighted by molar-refractivity contribution is 0.313. The molecule has 0 atom stereocenters. The molecular formula is C17H19N. The average molecular weight is 237 g/mol. The van der Waals surface area contributed by atoms with Crippen LogP contribution in [-0.2, 0) is 0 Å². The molecule has 1 heterocycles. The Balaban J connectivity index is 1.97. The van der Waals surface area contributed by atoms with Gasteiger partial charge in [0.05, 0.1) is 0 Å². The molecule has 0 spiro atoms. The monoisotopic (exact) mass is 237 g/mol. The predicted octanol–water partition coefficient (Wildman–Crippen LogP) is 3.95. The Morgan fingerprint density at radius 1 is 0.944 bits per heavy atom. The molecule has 2 aromatic carbocycles. The van der Waals surface area contributed by atoms with Crippen molar-refractivity contribution in [2.75, 3.05) is 20.1 Å². The predicted molar refractivity (Wildman–Crippen MR) is 78.7 cm³/mol. The number of benzene rings is 2. The molecule has 0 N–H and O–H groups in total. The molecular weight excluding hydrogens is 218 g/mol. The number of hydrogen-bond acceptors (Lipinski definition) is 1. The molecule has 1 heteroatoms. The normalized spacial score (nSPS) is 17.1. The van der Waals surface area contributed by atoms with Gasteiger partial charge in [0.15, 0.2) is 0 Å². The summed E-state index contributed by atoms with van der Waals surface area (Å²) in [6, 6.07) is 15.2. The Morgan fingerprint density at radius 2 is 1.67 bits per heavy atom. The van der Waals surface area contributed by atoms with Crippen LogP contribution in [0.5, 0.6) is 0 Å². The molecule has 0 amide bonds. The van der Waals surface area contributed by atoms with Crippen LogP contribution in [0.4, 0.5) is 0 Å². The number of rotatable bonds is 1. The summed E-state index contributed by atoms with van der Waals surface area (Å²) >= 11 is 0. The minimum atomic E-state index is 1.19. The van der Waals surface area contributed by atoms with Gasteiger partial charge >= 0.3 is 0 Å². The quantitative estimate of drug-likeness (QED) is 0.726. The molecule has 3 rings (SSSR count). The van der Waals surface area contributed by atoms with Crippen molar-refractivity contribution in [1.29, 1.82) is 0 Å². The van der Waals surface area contributed by atoms with Crippen LogP contribution in [0.15, 0.2) is 48.0 Å².